The summed E-state index contributed by atoms with van der Waals surface area (Å²) in [4.78, 5) is 0. The highest BCUT2D eigenvalue weighted by Gasteiger charge is 2.42. The maximum Gasteiger partial charge on any atom is 0.282 e. The molecule has 3 aliphatic rings. The van der Waals surface area contributed by atoms with Crippen molar-refractivity contribution in [2.24, 2.45) is 5.92 Å². The zero-order valence-electron chi connectivity index (χ0n) is 11.6. The second kappa shape index (κ2) is 5.68. The number of hydrogen-bond donors (Lipinski definition) is 1. The molecule has 3 rings (SSSR count). The second-order valence-corrected chi connectivity index (χ2v) is 8.01. The molecule has 6 heteroatoms. The van der Waals surface area contributed by atoms with Crippen LogP contribution in [0.3, 0.4) is 0 Å². The van der Waals surface area contributed by atoms with Crippen molar-refractivity contribution in [2.45, 2.75) is 44.6 Å². The number of rotatable bonds is 3. The van der Waals surface area contributed by atoms with Gasteiger partial charge in [-0.25, -0.2) is 0 Å². The molecular formula is C13H25N3O2S. The van der Waals surface area contributed by atoms with E-state index in [1.807, 2.05) is 0 Å². The molecule has 19 heavy (non-hydrogen) atoms. The number of nitrogens with zero attached hydrogens (tertiary/aromatic N) is 2. The topological polar surface area (TPSA) is 52.7 Å². The average Bonchev–Trinajstić information content (AvgIpc) is 3.00. The van der Waals surface area contributed by atoms with Crippen molar-refractivity contribution in [3.05, 3.63) is 0 Å². The Balaban J connectivity index is 1.63. The molecule has 1 aliphatic carbocycles. The Morgan fingerprint density at radius 3 is 2.53 bits per heavy atom. The minimum atomic E-state index is -3.17. The van der Waals surface area contributed by atoms with Gasteiger partial charge < -0.3 is 5.32 Å². The highest BCUT2D eigenvalue weighted by atomic mass is 32.2. The summed E-state index contributed by atoms with van der Waals surface area (Å²) in [5.41, 5.74) is 0. The third-order valence-electron chi connectivity index (χ3n) is 4.79. The molecular weight excluding hydrogens is 262 g/mol. The van der Waals surface area contributed by atoms with Gasteiger partial charge in [-0.05, 0) is 44.7 Å². The predicted octanol–water partition coefficient (Wildman–Crippen LogP) is 0.791. The summed E-state index contributed by atoms with van der Waals surface area (Å²) in [5.74, 6) is 0.493. The van der Waals surface area contributed by atoms with Gasteiger partial charge in [0, 0.05) is 25.7 Å². The zero-order chi connectivity index (χ0) is 13.3. The van der Waals surface area contributed by atoms with Crippen molar-refractivity contribution < 1.29 is 8.42 Å². The first-order valence-electron chi connectivity index (χ1n) is 7.65. The molecule has 1 atom stereocenters. The smallest absolute Gasteiger partial charge is 0.282 e. The van der Waals surface area contributed by atoms with Gasteiger partial charge in [0.25, 0.3) is 10.2 Å². The summed E-state index contributed by atoms with van der Waals surface area (Å²) in [6, 6.07) is 0.277. The Bertz CT molecular complexity index is 400. The fourth-order valence-corrected chi connectivity index (χ4v) is 5.61. The zero-order valence-corrected chi connectivity index (χ0v) is 12.4. The lowest BCUT2D eigenvalue weighted by Crippen LogP contribution is -2.42. The first-order valence-corrected chi connectivity index (χ1v) is 9.05. The van der Waals surface area contributed by atoms with Crippen molar-refractivity contribution in [3.63, 3.8) is 0 Å². The van der Waals surface area contributed by atoms with Crippen molar-refractivity contribution in [1.29, 1.82) is 0 Å². The molecule has 1 unspecified atom stereocenters. The molecule has 3 fully saturated rings. The third kappa shape index (κ3) is 2.82. The molecule has 2 aliphatic heterocycles. The molecule has 2 saturated heterocycles. The van der Waals surface area contributed by atoms with Crippen LogP contribution in [0.25, 0.3) is 0 Å². The van der Waals surface area contributed by atoms with Crippen LogP contribution in [0.2, 0.25) is 0 Å². The molecule has 0 aromatic carbocycles. The third-order valence-corrected chi connectivity index (χ3v) is 6.84. The molecule has 0 radical (unpaired) electrons. The van der Waals surface area contributed by atoms with Crippen LogP contribution < -0.4 is 5.32 Å². The van der Waals surface area contributed by atoms with Crippen LogP contribution in [0.15, 0.2) is 0 Å². The fraction of sp³-hybridized carbons (Fsp3) is 1.00. The number of piperidine rings is 1. The van der Waals surface area contributed by atoms with Gasteiger partial charge in [0.05, 0.1) is 0 Å². The lowest BCUT2D eigenvalue weighted by molar-refractivity contribution is 0.304. The Kier molecular flexibility index (Phi) is 4.12. The summed E-state index contributed by atoms with van der Waals surface area (Å²) in [6.45, 7) is 4.15. The van der Waals surface area contributed by atoms with Gasteiger partial charge in [-0.3, -0.25) is 0 Å². The Labute approximate surface area is 116 Å². The quantitative estimate of drug-likeness (QED) is 0.835. The van der Waals surface area contributed by atoms with Crippen molar-refractivity contribution >= 4 is 10.2 Å². The highest BCUT2D eigenvalue weighted by molar-refractivity contribution is 7.87. The summed E-state index contributed by atoms with van der Waals surface area (Å²) in [5, 5.41) is 3.37. The highest BCUT2D eigenvalue weighted by Crippen LogP contribution is 2.30. The first-order chi connectivity index (χ1) is 9.18. The number of hydrogen-bond acceptors (Lipinski definition) is 3. The molecule has 2 heterocycles. The van der Waals surface area contributed by atoms with E-state index in [-0.39, 0.29) is 6.04 Å². The van der Waals surface area contributed by atoms with E-state index in [4.69, 9.17) is 0 Å². The molecule has 0 aromatic rings. The van der Waals surface area contributed by atoms with Crippen LogP contribution >= 0.6 is 0 Å². The molecule has 1 N–H and O–H groups in total. The Morgan fingerprint density at radius 2 is 1.84 bits per heavy atom. The van der Waals surface area contributed by atoms with Crippen LogP contribution in [0, 0.1) is 5.92 Å². The molecule has 5 nitrogen and oxygen atoms in total. The first kappa shape index (κ1) is 13.8. The minimum absolute atomic E-state index is 0.277. The Morgan fingerprint density at radius 1 is 1.05 bits per heavy atom. The maximum absolute atomic E-state index is 12.6. The minimum Gasteiger partial charge on any atom is -0.316 e. The van der Waals surface area contributed by atoms with E-state index in [0.29, 0.717) is 25.6 Å². The van der Waals surface area contributed by atoms with Gasteiger partial charge in [0.15, 0.2) is 0 Å². The molecule has 0 aromatic heterocycles. The van der Waals surface area contributed by atoms with Crippen LogP contribution in [-0.2, 0) is 10.2 Å². The van der Waals surface area contributed by atoms with Crippen molar-refractivity contribution in [2.75, 3.05) is 32.7 Å². The van der Waals surface area contributed by atoms with E-state index >= 15 is 0 Å². The van der Waals surface area contributed by atoms with Crippen LogP contribution in [0.1, 0.15) is 38.5 Å². The van der Waals surface area contributed by atoms with Crippen molar-refractivity contribution in [3.8, 4) is 0 Å². The summed E-state index contributed by atoms with van der Waals surface area (Å²) >= 11 is 0. The van der Waals surface area contributed by atoms with E-state index in [1.165, 1.54) is 19.3 Å². The summed E-state index contributed by atoms with van der Waals surface area (Å²) < 4.78 is 28.7. The normalized spacial score (nSPS) is 34.0. The van der Waals surface area contributed by atoms with Gasteiger partial charge in [0.1, 0.15) is 0 Å². The fourth-order valence-electron chi connectivity index (χ4n) is 3.71. The van der Waals surface area contributed by atoms with E-state index in [0.717, 1.165) is 32.4 Å². The Hall–Kier alpha value is -0.170. The van der Waals surface area contributed by atoms with E-state index < -0.39 is 10.2 Å². The van der Waals surface area contributed by atoms with E-state index in [1.54, 1.807) is 8.61 Å². The van der Waals surface area contributed by atoms with Gasteiger partial charge in [-0.2, -0.15) is 17.0 Å². The summed E-state index contributed by atoms with van der Waals surface area (Å²) in [6.07, 6.45) is 6.80. The molecule has 1 saturated carbocycles. The lowest BCUT2D eigenvalue weighted by atomic mass is 10.00. The SMILES string of the molecule is O=S1(=O)N(CC2CCCNC2)CCN1C1CCCC1. The van der Waals surface area contributed by atoms with E-state index in [2.05, 4.69) is 5.32 Å². The molecule has 0 amide bonds. The van der Waals surface area contributed by atoms with Gasteiger partial charge in [-0.15, -0.1) is 0 Å². The second-order valence-electron chi connectivity index (χ2n) is 6.13. The molecule has 0 bridgehead atoms. The predicted molar refractivity (Wildman–Crippen MR) is 75.0 cm³/mol. The molecule has 110 valence electrons. The van der Waals surface area contributed by atoms with Crippen LogP contribution in [0.4, 0.5) is 0 Å². The van der Waals surface area contributed by atoms with Crippen LogP contribution in [-0.4, -0.2) is 55.8 Å². The van der Waals surface area contributed by atoms with Crippen LogP contribution in [0.5, 0.6) is 0 Å². The van der Waals surface area contributed by atoms with Gasteiger partial charge in [-0.1, -0.05) is 12.8 Å². The largest absolute Gasteiger partial charge is 0.316 e. The van der Waals surface area contributed by atoms with Crippen molar-refractivity contribution in [1.82, 2.24) is 13.9 Å². The molecule has 0 spiro atoms. The monoisotopic (exact) mass is 287 g/mol. The maximum atomic E-state index is 12.6. The number of nitrogens with one attached hydrogen (secondary N) is 1. The lowest BCUT2D eigenvalue weighted by Gasteiger charge is -2.28. The summed E-state index contributed by atoms with van der Waals surface area (Å²) in [7, 11) is -3.17. The van der Waals surface area contributed by atoms with Gasteiger partial charge in [0.2, 0.25) is 0 Å². The van der Waals surface area contributed by atoms with E-state index in [9.17, 15) is 8.42 Å². The standard InChI is InChI=1S/C13H25N3O2S/c17-19(18)15(11-12-4-3-7-14-10-12)8-9-16(19)13-5-1-2-6-13/h12-14H,1-11H2. The average molecular weight is 287 g/mol. The van der Waals surface area contributed by atoms with Gasteiger partial charge >= 0.3 is 0 Å².